The number of benzene rings is 3. The van der Waals surface area contributed by atoms with Gasteiger partial charge in [-0.05, 0) is 47.0 Å². The van der Waals surface area contributed by atoms with Crippen molar-refractivity contribution in [2.24, 2.45) is 0 Å². The number of rotatable bonds is 7. The van der Waals surface area contributed by atoms with Crippen molar-refractivity contribution in [1.29, 1.82) is 0 Å². The summed E-state index contributed by atoms with van der Waals surface area (Å²) in [5.41, 5.74) is 2.97. The summed E-state index contributed by atoms with van der Waals surface area (Å²) < 4.78 is 0. The van der Waals surface area contributed by atoms with Crippen LogP contribution in [-0.2, 0) is 16.1 Å². The lowest BCUT2D eigenvalue weighted by atomic mass is 10.1. The number of fused-ring (bicyclic) bond motifs is 1. The third kappa shape index (κ3) is 5.60. The van der Waals surface area contributed by atoms with Crippen LogP contribution in [0, 0.1) is 6.92 Å². The lowest BCUT2D eigenvalue weighted by Crippen LogP contribution is -2.28. The summed E-state index contributed by atoms with van der Waals surface area (Å²) in [5.74, 6) is 0.455. The average molecular weight is 393 g/mol. The summed E-state index contributed by atoms with van der Waals surface area (Å²) in [5, 5.41) is 5.22. The van der Waals surface area contributed by atoms with Crippen molar-refractivity contribution in [3.8, 4) is 0 Å². The van der Waals surface area contributed by atoms with E-state index < -0.39 is 0 Å². The van der Waals surface area contributed by atoms with Crippen LogP contribution in [0.2, 0.25) is 0 Å². The molecule has 0 bridgehead atoms. The van der Waals surface area contributed by atoms with E-state index in [0.29, 0.717) is 6.54 Å². The molecule has 2 amide bonds. The van der Waals surface area contributed by atoms with Crippen molar-refractivity contribution < 1.29 is 9.59 Å². The van der Waals surface area contributed by atoms with E-state index in [2.05, 4.69) is 35.6 Å². The molecule has 144 valence electrons. The van der Waals surface area contributed by atoms with Crippen molar-refractivity contribution in [3.05, 3.63) is 77.9 Å². The van der Waals surface area contributed by atoms with Crippen LogP contribution in [0.25, 0.3) is 10.8 Å². The summed E-state index contributed by atoms with van der Waals surface area (Å²) in [4.78, 5) is 26.1. The van der Waals surface area contributed by atoms with Gasteiger partial charge in [0.15, 0.2) is 0 Å². The lowest BCUT2D eigenvalue weighted by molar-refractivity contribution is -0.127. The summed E-state index contributed by atoms with van der Waals surface area (Å²) in [7, 11) is 1.80. The molecule has 0 aromatic heterocycles. The van der Waals surface area contributed by atoms with Gasteiger partial charge in [0.1, 0.15) is 0 Å². The Hall–Kier alpha value is -2.79. The zero-order chi connectivity index (χ0) is 19.9. The van der Waals surface area contributed by atoms with Crippen LogP contribution in [-0.4, -0.2) is 35.3 Å². The minimum absolute atomic E-state index is 0.0153. The number of nitrogens with zero attached hydrogens (tertiary/aromatic N) is 1. The number of thioether (sulfide) groups is 1. The van der Waals surface area contributed by atoms with E-state index in [4.69, 9.17) is 0 Å². The summed E-state index contributed by atoms with van der Waals surface area (Å²) in [6.45, 7) is 2.54. The highest BCUT2D eigenvalue weighted by Gasteiger charge is 2.11. The molecule has 3 rings (SSSR count). The monoisotopic (exact) mass is 392 g/mol. The Morgan fingerprint density at radius 3 is 2.50 bits per heavy atom. The number of anilines is 1. The fourth-order valence-electron chi connectivity index (χ4n) is 2.96. The van der Waals surface area contributed by atoms with Gasteiger partial charge in [0.05, 0.1) is 11.5 Å². The van der Waals surface area contributed by atoms with Crippen molar-refractivity contribution >= 4 is 40.0 Å². The SMILES string of the molecule is Cc1cccc(NC(=O)CSCC(=O)N(C)Cc2ccc3ccccc3c2)c1. The number of nitrogens with one attached hydrogen (secondary N) is 1. The van der Waals surface area contributed by atoms with Crippen LogP contribution >= 0.6 is 11.8 Å². The second kappa shape index (κ2) is 9.42. The molecule has 3 aromatic rings. The molecule has 0 fully saturated rings. The lowest BCUT2D eigenvalue weighted by Gasteiger charge is -2.17. The molecule has 0 unspecified atom stereocenters. The molecule has 5 heteroatoms. The normalized spacial score (nSPS) is 10.6. The minimum Gasteiger partial charge on any atom is -0.341 e. The van der Waals surface area contributed by atoms with Gasteiger partial charge in [0.2, 0.25) is 11.8 Å². The van der Waals surface area contributed by atoms with E-state index in [1.807, 2.05) is 43.3 Å². The first-order valence-corrected chi connectivity index (χ1v) is 10.3. The van der Waals surface area contributed by atoms with Crippen LogP contribution in [0.15, 0.2) is 66.7 Å². The molecular weight excluding hydrogens is 368 g/mol. The van der Waals surface area contributed by atoms with E-state index in [1.165, 1.54) is 22.5 Å². The first kappa shape index (κ1) is 20.0. The van der Waals surface area contributed by atoms with E-state index in [0.717, 1.165) is 16.8 Å². The molecule has 0 radical (unpaired) electrons. The summed E-state index contributed by atoms with van der Waals surface area (Å²) >= 11 is 1.33. The van der Waals surface area contributed by atoms with Crippen LogP contribution in [0.5, 0.6) is 0 Å². The first-order valence-electron chi connectivity index (χ1n) is 9.17. The highest BCUT2D eigenvalue weighted by atomic mass is 32.2. The maximum absolute atomic E-state index is 12.4. The highest BCUT2D eigenvalue weighted by molar-refractivity contribution is 8.00. The van der Waals surface area contributed by atoms with Gasteiger partial charge in [-0.25, -0.2) is 0 Å². The van der Waals surface area contributed by atoms with Gasteiger partial charge in [0, 0.05) is 19.3 Å². The van der Waals surface area contributed by atoms with Crippen molar-refractivity contribution in [2.75, 3.05) is 23.9 Å². The third-order valence-corrected chi connectivity index (χ3v) is 5.34. The van der Waals surface area contributed by atoms with Gasteiger partial charge >= 0.3 is 0 Å². The van der Waals surface area contributed by atoms with Gasteiger partial charge in [-0.1, -0.05) is 48.5 Å². The number of aryl methyl sites for hydroxylation is 1. The zero-order valence-corrected chi connectivity index (χ0v) is 17.0. The quantitative estimate of drug-likeness (QED) is 0.645. The second-order valence-corrected chi connectivity index (χ2v) is 7.83. The molecule has 0 aliphatic heterocycles. The number of hydrogen-bond donors (Lipinski definition) is 1. The first-order chi connectivity index (χ1) is 13.5. The zero-order valence-electron chi connectivity index (χ0n) is 16.1. The summed E-state index contributed by atoms with van der Waals surface area (Å²) in [6, 6.07) is 22.1. The molecular formula is C23H24N2O2S. The van der Waals surface area contributed by atoms with E-state index in [-0.39, 0.29) is 23.3 Å². The average Bonchev–Trinajstić information content (AvgIpc) is 2.67. The molecule has 0 heterocycles. The standard InChI is InChI=1S/C23H24N2O2S/c1-17-6-5-9-21(12-17)24-22(26)15-28-16-23(27)25(2)14-18-10-11-19-7-3-4-8-20(19)13-18/h3-13H,14-16H2,1-2H3,(H,24,26). The molecule has 3 aromatic carbocycles. The fraction of sp³-hybridized carbons (Fsp3) is 0.217. The number of hydrogen-bond acceptors (Lipinski definition) is 3. The topological polar surface area (TPSA) is 49.4 Å². The van der Waals surface area contributed by atoms with Crippen molar-refractivity contribution in [3.63, 3.8) is 0 Å². The Labute approximate surface area is 169 Å². The predicted octanol–water partition coefficient (Wildman–Crippen LogP) is 4.48. The van der Waals surface area contributed by atoms with Gasteiger partial charge in [0.25, 0.3) is 0 Å². The molecule has 4 nitrogen and oxygen atoms in total. The van der Waals surface area contributed by atoms with Gasteiger partial charge in [-0.2, -0.15) is 0 Å². The van der Waals surface area contributed by atoms with Crippen LogP contribution < -0.4 is 5.32 Å². The Morgan fingerprint density at radius 2 is 1.71 bits per heavy atom. The fourth-order valence-corrected chi connectivity index (χ4v) is 3.71. The molecule has 0 aliphatic rings. The molecule has 0 aliphatic carbocycles. The second-order valence-electron chi connectivity index (χ2n) is 6.84. The van der Waals surface area contributed by atoms with Crippen LogP contribution in [0.1, 0.15) is 11.1 Å². The largest absolute Gasteiger partial charge is 0.341 e. The van der Waals surface area contributed by atoms with Gasteiger partial charge in [-0.15, -0.1) is 11.8 Å². The Morgan fingerprint density at radius 1 is 0.929 bits per heavy atom. The van der Waals surface area contributed by atoms with E-state index in [1.54, 1.807) is 11.9 Å². The Kier molecular flexibility index (Phi) is 6.71. The number of carbonyl (C=O) groups excluding carboxylic acids is 2. The van der Waals surface area contributed by atoms with Gasteiger partial charge < -0.3 is 10.2 Å². The molecule has 0 saturated heterocycles. The maximum atomic E-state index is 12.4. The molecule has 0 saturated carbocycles. The molecule has 0 spiro atoms. The van der Waals surface area contributed by atoms with E-state index >= 15 is 0 Å². The van der Waals surface area contributed by atoms with Crippen LogP contribution in [0.3, 0.4) is 0 Å². The third-order valence-electron chi connectivity index (χ3n) is 4.42. The maximum Gasteiger partial charge on any atom is 0.234 e. The summed E-state index contributed by atoms with van der Waals surface area (Å²) in [6.07, 6.45) is 0. The van der Waals surface area contributed by atoms with Crippen molar-refractivity contribution in [2.45, 2.75) is 13.5 Å². The molecule has 1 N–H and O–H groups in total. The molecule has 28 heavy (non-hydrogen) atoms. The van der Waals surface area contributed by atoms with Crippen molar-refractivity contribution in [1.82, 2.24) is 4.90 Å². The predicted molar refractivity (Wildman–Crippen MR) is 118 cm³/mol. The molecule has 0 atom stereocenters. The Bertz CT molecular complexity index is 987. The number of amides is 2. The Balaban J connectivity index is 1.45. The smallest absolute Gasteiger partial charge is 0.234 e. The minimum atomic E-state index is -0.0967. The number of carbonyl (C=O) groups is 2. The van der Waals surface area contributed by atoms with Crippen LogP contribution in [0.4, 0.5) is 5.69 Å². The van der Waals surface area contributed by atoms with Gasteiger partial charge in [-0.3, -0.25) is 9.59 Å². The highest BCUT2D eigenvalue weighted by Crippen LogP contribution is 2.17. The van der Waals surface area contributed by atoms with E-state index in [9.17, 15) is 9.59 Å².